The van der Waals surface area contributed by atoms with Gasteiger partial charge in [0.1, 0.15) is 0 Å². The molecule has 0 spiro atoms. The number of aromatic nitrogens is 1. The Bertz CT molecular complexity index is 1000. The van der Waals surface area contributed by atoms with E-state index in [0.717, 1.165) is 11.3 Å². The van der Waals surface area contributed by atoms with Gasteiger partial charge < -0.3 is 4.74 Å². The normalized spacial score (nSPS) is 10.5. The zero-order valence-electron chi connectivity index (χ0n) is 14.8. The molecule has 2 aromatic carbocycles. The number of anilines is 1. The van der Waals surface area contributed by atoms with E-state index in [4.69, 9.17) is 16.3 Å². The summed E-state index contributed by atoms with van der Waals surface area (Å²) in [6.45, 7) is 3.70. The highest BCUT2D eigenvalue weighted by atomic mass is 35.5. The van der Waals surface area contributed by atoms with E-state index in [2.05, 4.69) is 23.3 Å². The molecule has 1 N–H and O–H groups in total. The Morgan fingerprint density at radius 1 is 1.15 bits per heavy atom. The van der Waals surface area contributed by atoms with Gasteiger partial charge in [-0.2, -0.15) is 0 Å². The lowest BCUT2D eigenvalue weighted by Gasteiger charge is -2.05. The summed E-state index contributed by atoms with van der Waals surface area (Å²) >= 11 is 7.15. The molecule has 0 unspecified atom stereocenters. The molecular weight excluding hydrogens is 384 g/mol. The van der Waals surface area contributed by atoms with Crippen LogP contribution in [0.4, 0.5) is 5.13 Å². The van der Waals surface area contributed by atoms with Crippen molar-refractivity contribution < 1.29 is 14.3 Å². The van der Waals surface area contributed by atoms with Crippen molar-refractivity contribution in [3.63, 3.8) is 0 Å². The van der Waals surface area contributed by atoms with Crippen LogP contribution in [0.25, 0.3) is 11.3 Å². The highest BCUT2D eigenvalue weighted by Gasteiger charge is 2.13. The van der Waals surface area contributed by atoms with Crippen molar-refractivity contribution in [2.24, 2.45) is 0 Å². The number of esters is 1. The third-order valence-electron chi connectivity index (χ3n) is 3.95. The predicted molar refractivity (Wildman–Crippen MR) is 107 cm³/mol. The number of rotatable bonds is 5. The number of nitrogens with zero attached hydrogens (tertiary/aromatic N) is 1. The summed E-state index contributed by atoms with van der Waals surface area (Å²) in [5.74, 6) is -1.06. The highest BCUT2D eigenvalue weighted by Crippen LogP contribution is 2.26. The van der Waals surface area contributed by atoms with Gasteiger partial charge in [0, 0.05) is 16.0 Å². The Hall–Kier alpha value is -2.70. The lowest BCUT2D eigenvalue weighted by Crippen LogP contribution is -2.20. The van der Waals surface area contributed by atoms with Crippen LogP contribution in [0.3, 0.4) is 0 Å². The molecule has 3 rings (SSSR count). The number of hydrogen-bond donors (Lipinski definition) is 1. The quantitative estimate of drug-likeness (QED) is 0.620. The van der Waals surface area contributed by atoms with Crippen molar-refractivity contribution >= 4 is 39.9 Å². The first-order valence-corrected chi connectivity index (χ1v) is 9.44. The molecule has 1 aromatic heterocycles. The van der Waals surface area contributed by atoms with E-state index in [0.29, 0.717) is 15.7 Å². The molecule has 0 bridgehead atoms. The molecule has 0 aliphatic rings. The van der Waals surface area contributed by atoms with Crippen LogP contribution >= 0.6 is 22.9 Å². The molecule has 7 heteroatoms. The fourth-order valence-corrected chi connectivity index (χ4v) is 3.28. The van der Waals surface area contributed by atoms with Crippen molar-refractivity contribution in [2.45, 2.75) is 13.8 Å². The number of carbonyl (C=O) groups is 2. The Morgan fingerprint density at radius 2 is 1.96 bits per heavy atom. The van der Waals surface area contributed by atoms with Gasteiger partial charge >= 0.3 is 5.97 Å². The summed E-state index contributed by atoms with van der Waals surface area (Å²) in [5, 5.41) is 5.39. The van der Waals surface area contributed by atoms with E-state index in [1.165, 1.54) is 28.5 Å². The number of hydrogen-bond acceptors (Lipinski definition) is 5. The van der Waals surface area contributed by atoms with Crippen LogP contribution in [-0.4, -0.2) is 23.5 Å². The number of ether oxygens (including phenoxy) is 1. The number of benzene rings is 2. The number of thiazole rings is 1. The summed E-state index contributed by atoms with van der Waals surface area (Å²) in [6, 6.07) is 12.4. The molecule has 0 aliphatic heterocycles. The maximum Gasteiger partial charge on any atom is 0.338 e. The fourth-order valence-electron chi connectivity index (χ4n) is 2.35. The maximum atomic E-state index is 12.0. The summed E-state index contributed by atoms with van der Waals surface area (Å²) in [6.07, 6.45) is 0. The van der Waals surface area contributed by atoms with Gasteiger partial charge in [-0.25, -0.2) is 9.78 Å². The summed E-state index contributed by atoms with van der Waals surface area (Å²) in [5.41, 5.74) is 4.46. The molecular formula is C20H17ClN2O3S. The zero-order chi connectivity index (χ0) is 19.4. The van der Waals surface area contributed by atoms with E-state index < -0.39 is 18.5 Å². The van der Waals surface area contributed by atoms with Crippen LogP contribution in [0.5, 0.6) is 0 Å². The van der Waals surface area contributed by atoms with E-state index in [1.54, 1.807) is 18.2 Å². The number of halogens is 1. The van der Waals surface area contributed by atoms with E-state index in [1.807, 2.05) is 24.4 Å². The Kier molecular flexibility index (Phi) is 5.88. The third kappa shape index (κ3) is 4.93. The molecule has 138 valence electrons. The SMILES string of the molecule is Cc1ccc(-c2csc(NC(=O)COC(=O)c3cccc(Cl)c3)n2)cc1C. The third-order valence-corrected chi connectivity index (χ3v) is 4.94. The zero-order valence-corrected chi connectivity index (χ0v) is 16.4. The maximum absolute atomic E-state index is 12.0. The van der Waals surface area contributed by atoms with Crippen molar-refractivity contribution in [3.05, 3.63) is 69.6 Å². The standard InChI is InChI=1S/C20H17ClN2O3S/c1-12-6-7-14(8-13(12)2)17-11-27-20(22-17)23-18(24)10-26-19(25)15-4-3-5-16(21)9-15/h3-9,11H,10H2,1-2H3,(H,22,23,24). The van der Waals surface area contributed by atoms with Gasteiger partial charge in [0.15, 0.2) is 11.7 Å². The second kappa shape index (κ2) is 8.33. The first kappa shape index (κ1) is 19.1. The summed E-state index contributed by atoms with van der Waals surface area (Å²) in [4.78, 5) is 28.4. The number of carbonyl (C=O) groups excluding carboxylic acids is 2. The molecule has 1 heterocycles. The van der Waals surface area contributed by atoms with Gasteiger partial charge in [-0.15, -0.1) is 11.3 Å². The van der Waals surface area contributed by atoms with E-state index in [9.17, 15) is 9.59 Å². The molecule has 1 amide bonds. The molecule has 0 fully saturated rings. The molecule has 27 heavy (non-hydrogen) atoms. The Balaban J connectivity index is 1.57. The van der Waals surface area contributed by atoms with Gasteiger partial charge in [0.2, 0.25) is 0 Å². The van der Waals surface area contributed by atoms with Gasteiger partial charge in [0.05, 0.1) is 11.3 Å². The average molecular weight is 401 g/mol. The lowest BCUT2D eigenvalue weighted by molar-refractivity contribution is -0.119. The Labute approximate surface area is 166 Å². The topological polar surface area (TPSA) is 68.3 Å². The first-order chi connectivity index (χ1) is 12.9. The molecule has 5 nitrogen and oxygen atoms in total. The average Bonchev–Trinajstić information content (AvgIpc) is 3.10. The van der Waals surface area contributed by atoms with Crippen molar-refractivity contribution in [3.8, 4) is 11.3 Å². The molecule has 0 radical (unpaired) electrons. The van der Waals surface area contributed by atoms with Crippen molar-refractivity contribution in [1.82, 2.24) is 4.98 Å². The second-order valence-corrected chi connectivity index (χ2v) is 7.27. The monoisotopic (exact) mass is 400 g/mol. The smallest absolute Gasteiger partial charge is 0.338 e. The van der Waals surface area contributed by atoms with Gasteiger partial charge in [-0.3, -0.25) is 10.1 Å². The molecule has 3 aromatic rings. The molecule has 0 atom stereocenters. The van der Waals surface area contributed by atoms with Crippen LogP contribution in [0.1, 0.15) is 21.5 Å². The minimum atomic E-state index is -0.609. The van der Waals surface area contributed by atoms with Gasteiger partial charge in [0.25, 0.3) is 5.91 Å². The minimum absolute atomic E-state index is 0.293. The lowest BCUT2D eigenvalue weighted by atomic mass is 10.1. The number of aryl methyl sites for hydroxylation is 2. The van der Waals surface area contributed by atoms with Crippen molar-refractivity contribution in [2.75, 3.05) is 11.9 Å². The highest BCUT2D eigenvalue weighted by molar-refractivity contribution is 7.14. The largest absolute Gasteiger partial charge is 0.452 e. The van der Waals surface area contributed by atoms with Crippen LogP contribution < -0.4 is 5.32 Å². The summed E-state index contributed by atoms with van der Waals surface area (Å²) in [7, 11) is 0. The first-order valence-electron chi connectivity index (χ1n) is 8.18. The van der Waals surface area contributed by atoms with Crippen LogP contribution in [0, 0.1) is 13.8 Å². The molecule has 0 saturated heterocycles. The van der Waals surface area contributed by atoms with Gasteiger partial charge in [-0.1, -0.05) is 29.8 Å². The number of amides is 1. The van der Waals surface area contributed by atoms with Gasteiger partial charge in [-0.05, 0) is 49.2 Å². The second-order valence-electron chi connectivity index (χ2n) is 5.97. The summed E-state index contributed by atoms with van der Waals surface area (Å²) < 4.78 is 5.00. The minimum Gasteiger partial charge on any atom is -0.452 e. The van der Waals surface area contributed by atoms with Crippen molar-refractivity contribution in [1.29, 1.82) is 0 Å². The molecule has 0 saturated carbocycles. The number of nitrogens with one attached hydrogen (secondary N) is 1. The Morgan fingerprint density at radius 3 is 2.70 bits per heavy atom. The van der Waals surface area contributed by atoms with E-state index in [-0.39, 0.29) is 0 Å². The van der Waals surface area contributed by atoms with E-state index >= 15 is 0 Å². The van der Waals surface area contributed by atoms with Crippen LogP contribution in [0.15, 0.2) is 47.8 Å². The van der Waals surface area contributed by atoms with Crippen LogP contribution in [-0.2, 0) is 9.53 Å². The fraction of sp³-hybridized carbons (Fsp3) is 0.150. The van der Waals surface area contributed by atoms with Crippen LogP contribution in [0.2, 0.25) is 5.02 Å². The predicted octanol–water partition coefficient (Wildman–Crippen LogP) is 4.88. The molecule has 0 aliphatic carbocycles.